The highest BCUT2D eigenvalue weighted by atomic mass is 16.1. The van der Waals surface area contributed by atoms with Crippen LogP contribution in [0.4, 0.5) is 0 Å². The first kappa shape index (κ1) is 12.4. The molecule has 1 aliphatic rings. The number of hydrogen-bond donors (Lipinski definition) is 1. The van der Waals surface area contributed by atoms with Gasteiger partial charge in [0.1, 0.15) is 5.82 Å². The number of benzene rings is 1. The first-order valence-corrected chi connectivity index (χ1v) is 7.04. The highest BCUT2D eigenvalue weighted by Gasteiger charge is 2.30. The summed E-state index contributed by atoms with van der Waals surface area (Å²) in [5.41, 5.74) is 1.15. The first-order valence-electron chi connectivity index (χ1n) is 7.04. The van der Waals surface area contributed by atoms with Crippen LogP contribution in [0.25, 0.3) is 10.9 Å². The van der Waals surface area contributed by atoms with Gasteiger partial charge in [0.05, 0.1) is 10.9 Å². The summed E-state index contributed by atoms with van der Waals surface area (Å²) in [5.74, 6) is 1.26. The van der Waals surface area contributed by atoms with Crippen molar-refractivity contribution in [2.45, 2.75) is 45.4 Å². The molecule has 0 spiro atoms. The Morgan fingerprint density at radius 2 is 2.11 bits per heavy atom. The van der Waals surface area contributed by atoms with E-state index >= 15 is 0 Å². The minimum Gasteiger partial charge on any atom is -0.310 e. The summed E-state index contributed by atoms with van der Waals surface area (Å²) in [4.78, 5) is 19.8. The Bertz CT molecular complexity index is 657. The van der Waals surface area contributed by atoms with Gasteiger partial charge < -0.3 is 4.98 Å². The van der Waals surface area contributed by atoms with Crippen molar-refractivity contribution < 1.29 is 0 Å². The molecular formula is C16H20N2O. The Kier molecular flexibility index (Phi) is 2.92. The molecule has 1 heterocycles. The lowest BCUT2D eigenvalue weighted by molar-refractivity contribution is 0.215. The summed E-state index contributed by atoms with van der Waals surface area (Å²) < 4.78 is 0. The lowest BCUT2D eigenvalue weighted by atomic mass is 9.72. The van der Waals surface area contributed by atoms with Gasteiger partial charge in [0, 0.05) is 5.92 Å². The van der Waals surface area contributed by atoms with Crippen LogP contribution in [0.3, 0.4) is 0 Å². The number of fused-ring (bicyclic) bond motifs is 1. The zero-order valence-electron chi connectivity index (χ0n) is 11.6. The monoisotopic (exact) mass is 256 g/mol. The minimum atomic E-state index is -0.0102. The predicted octanol–water partition coefficient (Wildman–Crippen LogP) is 3.61. The van der Waals surface area contributed by atoms with Gasteiger partial charge in [0.15, 0.2) is 0 Å². The topological polar surface area (TPSA) is 45.8 Å². The second kappa shape index (κ2) is 4.48. The quantitative estimate of drug-likeness (QED) is 0.847. The van der Waals surface area contributed by atoms with Crippen molar-refractivity contribution >= 4 is 10.9 Å². The highest BCUT2D eigenvalue weighted by Crippen LogP contribution is 2.42. The third-order valence-electron chi connectivity index (χ3n) is 4.22. The molecule has 1 fully saturated rings. The van der Waals surface area contributed by atoms with Crippen LogP contribution in [0, 0.1) is 5.41 Å². The molecule has 1 aromatic carbocycles. The Hall–Kier alpha value is -1.64. The van der Waals surface area contributed by atoms with Crippen LogP contribution in [-0.4, -0.2) is 9.97 Å². The zero-order valence-corrected chi connectivity index (χ0v) is 11.6. The van der Waals surface area contributed by atoms with E-state index in [1.54, 1.807) is 0 Å². The van der Waals surface area contributed by atoms with E-state index in [9.17, 15) is 4.79 Å². The van der Waals surface area contributed by atoms with Crippen molar-refractivity contribution in [1.29, 1.82) is 0 Å². The molecule has 3 rings (SSSR count). The van der Waals surface area contributed by atoms with E-state index in [0.717, 1.165) is 24.2 Å². The third kappa shape index (κ3) is 2.42. The van der Waals surface area contributed by atoms with Gasteiger partial charge in [-0.15, -0.1) is 0 Å². The van der Waals surface area contributed by atoms with Crippen LogP contribution in [0.15, 0.2) is 29.1 Å². The van der Waals surface area contributed by atoms with E-state index in [2.05, 4.69) is 23.8 Å². The van der Waals surface area contributed by atoms with Gasteiger partial charge in [0.2, 0.25) is 0 Å². The molecule has 0 radical (unpaired) electrons. The Morgan fingerprint density at radius 1 is 1.32 bits per heavy atom. The fraction of sp³-hybridized carbons (Fsp3) is 0.500. The minimum absolute atomic E-state index is 0.0102. The molecule has 0 bridgehead atoms. The van der Waals surface area contributed by atoms with Gasteiger partial charge in [-0.25, -0.2) is 4.98 Å². The van der Waals surface area contributed by atoms with Crippen molar-refractivity contribution in [2.24, 2.45) is 5.41 Å². The number of para-hydroxylation sites is 1. The molecule has 3 heteroatoms. The van der Waals surface area contributed by atoms with Gasteiger partial charge in [-0.3, -0.25) is 4.79 Å². The maximum atomic E-state index is 12.1. The van der Waals surface area contributed by atoms with E-state index in [4.69, 9.17) is 0 Å². The second-order valence-corrected chi connectivity index (χ2v) is 6.43. The smallest absolute Gasteiger partial charge is 0.258 e. The molecule has 1 aliphatic carbocycles. The fourth-order valence-corrected chi connectivity index (χ4v) is 3.23. The van der Waals surface area contributed by atoms with E-state index in [0.29, 0.717) is 16.7 Å². The highest BCUT2D eigenvalue weighted by molar-refractivity contribution is 5.77. The standard InChI is InChI=1S/C16H20N2O/c1-16(2)9-5-6-11(10-16)14-17-13-8-4-3-7-12(13)15(19)18-14/h3-4,7-8,11H,5-6,9-10H2,1-2H3,(H,17,18,19)/t11-/m1/s1. The van der Waals surface area contributed by atoms with Crippen molar-refractivity contribution in [3.8, 4) is 0 Å². The first-order chi connectivity index (χ1) is 9.05. The summed E-state index contributed by atoms with van der Waals surface area (Å²) in [5, 5.41) is 0.682. The summed E-state index contributed by atoms with van der Waals surface area (Å²) in [7, 11) is 0. The molecule has 2 aromatic rings. The molecule has 1 aromatic heterocycles. The zero-order chi connectivity index (χ0) is 13.5. The number of rotatable bonds is 1. The maximum Gasteiger partial charge on any atom is 0.258 e. The normalized spacial score (nSPS) is 22.5. The van der Waals surface area contributed by atoms with Gasteiger partial charge in [-0.05, 0) is 36.8 Å². The van der Waals surface area contributed by atoms with Crippen LogP contribution in [0.2, 0.25) is 0 Å². The van der Waals surface area contributed by atoms with E-state index in [1.165, 1.54) is 12.8 Å². The fourth-order valence-electron chi connectivity index (χ4n) is 3.23. The van der Waals surface area contributed by atoms with Gasteiger partial charge in [0.25, 0.3) is 5.56 Å². The van der Waals surface area contributed by atoms with Crippen LogP contribution < -0.4 is 5.56 Å². The summed E-state index contributed by atoms with van der Waals surface area (Å²) >= 11 is 0. The Balaban J connectivity index is 2.03. The number of hydrogen-bond acceptors (Lipinski definition) is 2. The molecule has 100 valence electrons. The van der Waals surface area contributed by atoms with Crippen LogP contribution >= 0.6 is 0 Å². The molecule has 3 nitrogen and oxygen atoms in total. The van der Waals surface area contributed by atoms with Crippen molar-refractivity contribution in [3.05, 3.63) is 40.4 Å². The van der Waals surface area contributed by atoms with E-state index in [-0.39, 0.29) is 5.56 Å². The summed E-state index contributed by atoms with van der Waals surface area (Å²) in [6.07, 6.45) is 4.72. The Labute approximate surface area is 113 Å². The molecule has 1 N–H and O–H groups in total. The second-order valence-electron chi connectivity index (χ2n) is 6.43. The van der Waals surface area contributed by atoms with Crippen molar-refractivity contribution in [1.82, 2.24) is 9.97 Å². The lowest BCUT2D eigenvalue weighted by Gasteiger charge is -2.34. The van der Waals surface area contributed by atoms with Gasteiger partial charge in [-0.2, -0.15) is 0 Å². The molecule has 0 saturated heterocycles. The average Bonchev–Trinajstić information content (AvgIpc) is 2.37. The molecule has 19 heavy (non-hydrogen) atoms. The molecule has 0 amide bonds. The van der Waals surface area contributed by atoms with E-state index < -0.39 is 0 Å². The summed E-state index contributed by atoms with van der Waals surface area (Å²) in [6.45, 7) is 4.61. The average molecular weight is 256 g/mol. The SMILES string of the molecule is CC1(C)CCC[C@@H](c2nc3ccccc3c(=O)[nH]2)C1. The number of nitrogens with one attached hydrogen (secondary N) is 1. The number of H-pyrrole nitrogens is 1. The predicted molar refractivity (Wildman–Crippen MR) is 77.4 cm³/mol. The van der Waals surface area contributed by atoms with Crippen molar-refractivity contribution in [2.75, 3.05) is 0 Å². The van der Waals surface area contributed by atoms with E-state index in [1.807, 2.05) is 24.3 Å². The number of nitrogens with zero attached hydrogens (tertiary/aromatic N) is 1. The Morgan fingerprint density at radius 3 is 2.89 bits per heavy atom. The van der Waals surface area contributed by atoms with Crippen LogP contribution in [0.5, 0.6) is 0 Å². The molecule has 1 atom stereocenters. The molecule has 0 unspecified atom stereocenters. The third-order valence-corrected chi connectivity index (χ3v) is 4.22. The maximum absolute atomic E-state index is 12.1. The lowest BCUT2D eigenvalue weighted by Crippen LogP contribution is -2.24. The number of aromatic amines is 1. The number of aromatic nitrogens is 2. The largest absolute Gasteiger partial charge is 0.310 e. The van der Waals surface area contributed by atoms with Crippen molar-refractivity contribution in [3.63, 3.8) is 0 Å². The van der Waals surface area contributed by atoms with Crippen LogP contribution in [0.1, 0.15) is 51.3 Å². The summed E-state index contributed by atoms with van der Waals surface area (Å²) in [6, 6.07) is 7.56. The molecule has 1 saturated carbocycles. The van der Waals surface area contributed by atoms with Gasteiger partial charge >= 0.3 is 0 Å². The molecular weight excluding hydrogens is 236 g/mol. The molecule has 0 aliphatic heterocycles. The van der Waals surface area contributed by atoms with Gasteiger partial charge in [-0.1, -0.05) is 32.4 Å². The van der Waals surface area contributed by atoms with Crippen LogP contribution in [-0.2, 0) is 0 Å².